The summed E-state index contributed by atoms with van der Waals surface area (Å²) in [6.45, 7) is 4.28. The predicted molar refractivity (Wildman–Crippen MR) is 59.2 cm³/mol. The molecule has 1 nitrogen and oxygen atoms in total. The maximum absolute atomic E-state index is 6.25. The van der Waals surface area contributed by atoms with Crippen molar-refractivity contribution in [2.45, 2.75) is 38.7 Å². The minimum atomic E-state index is 0.412. The quantitative estimate of drug-likeness (QED) is 0.733. The largest absolute Gasteiger partial charge is 0.489 e. The Morgan fingerprint density at radius 2 is 2.07 bits per heavy atom. The highest BCUT2D eigenvalue weighted by Gasteiger charge is 2.24. The van der Waals surface area contributed by atoms with E-state index in [9.17, 15) is 0 Å². The molecule has 14 heavy (non-hydrogen) atoms. The zero-order valence-electron chi connectivity index (χ0n) is 8.59. The summed E-state index contributed by atoms with van der Waals surface area (Å²) in [6.07, 6.45) is 2.75. The minimum absolute atomic E-state index is 0.412. The molecule has 0 bridgehead atoms. The van der Waals surface area contributed by atoms with Gasteiger partial charge in [0.2, 0.25) is 0 Å². The summed E-state index contributed by atoms with van der Waals surface area (Å²) < 4.78 is 5.71. The van der Waals surface area contributed by atoms with Crippen molar-refractivity contribution >= 4 is 11.6 Å². The normalized spacial score (nSPS) is 16.0. The summed E-state index contributed by atoms with van der Waals surface area (Å²) in [5.74, 6) is 1.30. The number of halogens is 1. The van der Waals surface area contributed by atoms with Crippen molar-refractivity contribution in [1.29, 1.82) is 0 Å². The molecule has 0 saturated heterocycles. The molecule has 2 rings (SSSR count). The molecule has 1 aliphatic carbocycles. The molecular formula is C12H15ClO. The number of hydrogen-bond acceptors (Lipinski definition) is 1. The maximum atomic E-state index is 6.25. The lowest BCUT2D eigenvalue weighted by Gasteiger charge is -2.12. The van der Waals surface area contributed by atoms with E-state index in [0.29, 0.717) is 12.0 Å². The Morgan fingerprint density at radius 3 is 2.64 bits per heavy atom. The lowest BCUT2D eigenvalue weighted by Crippen LogP contribution is -1.98. The van der Waals surface area contributed by atoms with Gasteiger partial charge in [-0.2, -0.15) is 0 Å². The van der Waals surface area contributed by atoms with Crippen LogP contribution in [0.25, 0.3) is 0 Å². The van der Waals surface area contributed by atoms with Gasteiger partial charge in [-0.15, -0.1) is 0 Å². The highest BCUT2D eigenvalue weighted by atomic mass is 35.5. The van der Waals surface area contributed by atoms with Crippen LogP contribution in [0.1, 0.15) is 38.2 Å². The number of hydrogen-bond donors (Lipinski definition) is 0. The minimum Gasteiger partial charge on any atom is -0.489 e. The third-order valence-corrected chi connectivity index (χ3v) is 2.84. The van der Waals surface area contributed by atoms with Crippen molar-refractivity contribution in [2.75, 3.05) is 0 Å². The molecule has 0 aromatic heterocycles. The van der Waals surface area contributed by atoms with Gasteiger partial charge in [0.05, 0.1) is 11.1 Å². The van der Waals surface area contributed by atoms with E-state index < -0.39 is 0 Å². The van der Waals surface area contributed by atoms with Crippen molar-refractivity contribution in [3.63, 3.8) is 0 Å². The molecule has 0 N–H and O–H groups in total. The van der Waals surface area contributed by atoms with Crippen LogP contribution < -0.4 is 4.74 Å². The SMILES string of the molecule is CC(C)c1cccc(OC2CC2)c1Cl. The van der Waals surface area contributed by atoms with Crippen molar-refractivity contribution in [3.8, 4) is 5.75 Å². The molecule has 0 amide bonds. The maximum Gasteiger partial charge on any atom is 0.138 e. The Morgan fingerprint density at radius 1 is 1.36 bits per heavy atom. The van der Waals surface area contributed by atoms with Gasteiger partial charge >= 0.3 is 0 Å². The average Bonchev–Trinajstić information content (AvgIpc) is 2.92. The molecule has 0 spiro atoms. The molecule has 76 valence electrons. The average molecular weight is 211 g/mol. The van der Waals surface area contributed by atoms with E-state index in [2.05, 4.69) is 19.9 Å². The second-order valence-electron chi connectivity index (χ2n) is 4.13. The summed E-state index contributed by atoms with van der Waals surface area (Å²) in [4.78, 5) is 0. The molecule has 1 saturated carbocycles. The van der Waals surface area contributed by atoms with Gasteiger partial charge < -0.3 is 4.74 Å². The van der Waals surface area contributed by atoms with Gasteiger partial charge in [-0.3, -0.25) is 0 Å². The van der Waals surface area contributed by atoms with Crippen LogP contribution in [-0.2, 0) is 0 Å². The van der Waals surface area contributed by atoms with Gasteiger partial charge in [0.1, 0.15) is 5.75 Å². The second-order valence-corrected chi connectivity index (χ2v) is 4.51. The fourth-order valence-corrected chi connectivity index (χ4v) is 1.82. The van der Waals surface area contributed by atoms with E-state index in [1.165, 1.54) is 18.4 Å². The van der Waals surface area contributed by atoms with Crippen LogP contribution in [-0.4, -0.2) is 6.10 Å². The van der Waals surface area contributed by atoms with Crippen molar-refractivity contribution < 1.29 is 4.74 Å². The molecule has 0 unspecified atom stereocenters. The number of ether oxygens (including phenoxy) is 1. The monoisotopic (exact) mass is 210 g/mol. The summed E-state index contributed by atoms with van der Waals surface area (Å²) in [6, 6.07) is 6.03. The van der Waals surface area contributed by atoms with Crippen molar-refractivity contribution in [3.05, 3.63) is 28.8 Å². The van der Waals surface area contributed by atoms with E-state index in [1.807, 2.05) is 12.1 Å². The van der Waals surface area contributed by atoms with E-state index in [1.54, 1.807) is 0 Å². The van der Waals surface area contributed by atoms with Crippen molar-refractivity contribution in [1.82, 2.24) is 0 Å². The lowest BCUT2D eigenvalue weighted by molar-refractivity contribution is 0.303. The topological polar surface area (TPSA) is 9.23 Å². The Bertz CT molecular complexity index is 329. The standard InChI is InChI=1S/C12H15ClO/c1-8(2)10-4-3-5-11(12(10)13)14-9-6-7-9/h3-5,8-9H,6-7H2,1-2H3. The zero-order chi connectivity index (χ0) is 10.1. The van der Waals surface area contributed by atoms with Crippen LogP contribution in [0.5, 0.6) is 5.75 Å². The van der Waals surface area contributed by atoms with E-state index in [-0.39, 0.29) is 0 Å². The van der Waals surface area contributed by atoms with Crippen LogP contribution in [0.15, 0.2) is 18.2 Å². The summed E-state index contributed by atoms with van der Waals surface area (Å²) in [5, 5.41) is 0.786. The van der Waals surface area contributed by atoms with E-state index >= 15 is 0 Å². The van der Waals surface area contributed by atoms with Crippen LogP contribution in [0, 0.1) is 0 Å². The van der Waals surface area contributed by atoms with Gasteiger partial charge in [-0.05, 0) is 30.4 Å². The van der Waals surface area contributed by atoms with Crippen LogP contribution >= 0.6 is 11.6 Å². The van der Waals surface area contributed by atoms with E-state index in [4.69, 9.17) is 16.3 Å². The van der Waals surface area contributed by atoms with Gasteiger partial charge in [0.15, 0.2) is 0 Å². The second kappa shape index (κ2) is 3.82. The third kappa shape index (κ3) is 2.03. The number of rotatable bonds is 3. The summed E-state index contributed by atoms with van der Waals surface area (Å²) in [7, 11) is 0. The van der Waals surface area contributed by atoms with Gasteiger partial charge in [-0.25, -0.2) is 0 Å². The molecule has 1 aromatic carbocycles. The molecule has 1 fully saturated rings. The highest BCUT2D eigenvalue weighted by molar-refractivity contribution is 6.32. The molecule has 0 atom stereocenters. The van der Waals surface area contributed by atoms with Crippen molar-refractivity contribution in [2.24, 2.45) is 0 Å². The molecule has 0 aliphatic heterocycles. The predicted octanol–water partition coefficient (Wildman–Crippen LogP) is 4.00. The van der Waals surface area contributed by atoms with Crippen LogP contribution in [0.3, 0.4) is 0 Å². The first kappa shape index (κ1) is 9.85. The molecule has 1 aliphatic rings. The van der Waals surface area contributed by atoms with Gasteiger partial charge in [0.25, 0.3) is 0 Å². The molecule has 1 aromatic rings. The highest BCUT2D eigenvalue weighted by Crippen LogP contribution is 2.36. The van der Waals surface area contributed by atoms with Gasteiger partial charge in [0, 0.05) is 0 Å². The van der Waals surface area contributed by atoms with E-state index in [0.717, 1.165) is 10.8 Å². The Balaban J connectivity index is 2.25. The number of benzene rings is 1. The summed E-state index contributed by atoms with van der Waals surface area (Å²) in [5.41, 5.74) is 1.17. The van der Waals surface area contributed by atoms with Gasteiger partial charge in [-0.1, -0.05) is 37.6 Å². The summed E-state index contributed by atoms with van der Waals surface area (Å²) >= 11 is 6.25. The zero-order valence-corrected chi connectivity index (χ0v) is 9.34. The first-order valence-electron chi connectivity index (χ1n) is 5.13. The Labute approximate surface area is 90.0 Å². The lowest BCUT2D eigenvalue weighted by atomic mass is 10.0. The van der Waals surface area contributed by atoms with Crippen LogP contribution in [0.4, 0.5) is 0 Å². The molecular weight excluding hydrogens is 196 g/mol. The molecule has 0 radical (unpaired) electrons. The smallest absolute Gasteiger partial charge is 0.138 e. The third-order valence-electron chi connectivity index (χ3n) is 2.43. The molecule has 0 heterocycles. The Kier molecular flexibility index (Phi) is 2.69. The first-order chi connectivity index (χ1) is 6.68. The Hall–Kier alpha value is -0.690. The molecule has 2 heteroatoms. The fraction of sp³-hybridized carbons (Fsp3) is 0.500. The van der Waals surface area contributed by atoms with Crippen LogP contribution in [0.2, 0.25) is 5.02 Å². The first-order valence-corrected chi connectivity index (χ1v) is 5.51. The fourth-order valence-electron chi connectivity index (χ4n) is 1.43.